The molecule has 0 fully saturated rings. The molecule has 0 amide bonds. The summed E-state index contributed by atoms with van der Waals surface area (Å²) in [6, 6.07) is 1.93. The lowest BCUT2D eigenvalue weighted by molar-refractivity contribution is 0.0595. The number of methoxy groups -OCH3 is 1. The van der Waals surface area contributed by atoms with Crippen LogP contribution in [0.15, 0.2) is 16.7 Å². The third kappa shape index (κ3) is 3.85. The molecule has 0 bridgehead atoms. The van der Waals surface area contributed by atoms with Crippen LogP contribution in [0.25, 0.3) is 0 Å². The van der Waals surface area contributed by atoms with Gasteiger partial charge < -0.3 is 14.3 Å². The molecule has 0 saturated heterocycles. The van der Waals surface area contributed by atoms with Gasteiger partial charge in [-0.3, -0.25) is 4.90 Å². The van der Waals surface area contributed by atoms with E-state index in [2.05, 4.69) is 18.7 Å². The normalized spacial score (nSPS) is 11.2. The van der Waals surface area contributed by atoms with Crippen LogP contribution >= 0.6 is 0 Å². The summed E-state index contributed by atoms with van der Waals surface area (Å²) in [5, 5.41) is 8.88. The smallest absolute Gasteiger partial charge is 0.341 e. The van der Waals surface area contributed by atoms with E-state index in [0.29, 0.717) is 30.3 Å². The molecule has 0 aromatic carbocycles. The standard InChI is InChI=1S/C13H21NO4/c1-10(2)14(6-4-7-15)9-12-11(5-8-18-12)13(16)17-3/h5,8,10,15H,4,6-7,9H2,1-3H3. The van der Waals surface area contributed by atoms with E-state index in [4.69, 9.17) is 14.3 Å². The first-order valence-electron chi connectivity index (χ1n) is 6.09. The molecule has 0 radical (unpaired) electrons. The minimum Gasteiger partial charge on any atom is -0.467 e. The fourth-order valence-corrected chi connectivity index (χ4v) is 1.73. The first-order valence-corrected chi connectivity index (χ1v) is 6.09. The second-order valence-electron chi connectivity index (χ2n) is 4.39. The largest absolute Gasteiger partial charge is 0.467 e. The maximum absolute atomic E-state index is 11.5. The summed E-state index contributed by atoms with van der Waals surface area (Å²) >= 11 is 0. The van der Waals surface area contributed by atoms with Crippen LogP contribution in [0.1, 0.15) is 36.4 Å². The van der Waals surface area contributed by atoms with Crippen LogP contribution in [-0.2, 0) is 11.3 Å². The number of ether oxygens (including phenoxy) is 1. The van der Waals surface area contributed by atoms with E-state index in [1.54, 1.807) is 6.07 Å². The summed E-state index contributed by atoms with van der Waals surface area (Å²) in [5.74, 6) is 0.220. The second kappa shape index (κ2) is 7.18. The molecule has 5 nitrogen and oxygen atoms in total. The Labute approximate surface area is 107 Å². The quantitative estimate of drug-likeness (QED) is 0.751. The van der Waals surface area contributed by atoms with Crippen molar-refractivity contribution in [2.45, 2.75) is 32.9 Å². The van der Waals surface area contributed by atoms with Crippen molar-refractivity contribution in [2.75, 3.05) is 20.3 Å². The van der Waals surface area contributed by atoms with E-state index in [-0.39, 0.29) is 12.6 Å². The van der Waals surface area contributed by atoms with E-state index in [1.165, 1.54) is 13.4 Å². The van der Waals surface area contributed by atoms with Crippen LogP contribution in [0.2, 0.25) is 0 Å². The predicted molar refractivity (Wildman–Crippen MR) is 67.3 cm³/mol. The zero-order chi connectivity index (χ0) is 13.5. The van der Waals surface area contributed by atoms with Gasteiger partial charge in [0.1, 0.15) is 11.3 Å². The molecule has 0 atom stereocenters. The number of carbonyl (C=O) groups is 1. The zero-order valence-electron chi connectivity index (χ0n) is 11.2. The number of rotatable bonds is 7. The number of nitrogens with zero attached hydrogens (tertiary/aromatic N) is 1. The lowest BCUT2D eigenvalue weighted by Gasteiger charge is -2.25. The summed E-state index contributed by atoms with van der Waals surface area (Å²) < 4.78 is 10.0. The number of carbonyl (C=O) groups excluding carboxylic acids is 1. The van der Waals surface area contributed by atoms with Gasteiger partial charge in [-0.1, -0.05) is 0 Å². The molecule has 18 heavy (non-hydrogen) atoms. The highest BCUT2D eigenvalue weighted by molar-refractivity contribution is 5.90. The van der Waals surface area contributed by atoms with E-state index in [1.807, 2.05) is 0 Å². The van der Waals surface area contributed by atoms with Crippen LogP contribution in [0, 0.1) is 0 Å². The van der Waals surface area contributed by atoms with Crippen molar-refractivity contribution in [3.05, 3.63) is 23.7 Å². The van der Waals surface area contributed by atoms with E-state index in [9.17, 15) is 4.79 Å². The second-order valence-corrected chi connectivity index (χ2v) is 4.39. The Morgan fingerprint density at radius 1 is 1.56 bits per heavy atom. The van der Waals surface area contributed by atoms with Gasteiger partial charge >= 0.3 is 5.97 Å². The van der Waals surface area contributed by atoms with Crippen LogP contribution < -0.4 is 0 Å². The topological polar surface area (TPSA) is 62.9 Å². The Morgan fingerprint density at radius 2 is 2.28 bits per heavy atom. The number of aliphatic hydroxyl groups is 1. The molecule has 1 heterocycles. The summed E-state index contributed by atoms with van der Waals surface area (Å²) in [6.45, 7) is 5.59. The van der Waals surface area contributed by atoms with E-state index >= 15 is 0 Å². The molecule has 1 rings (SSSR count). The van der Waals surface area contributed by atoms with Gasteiger partial charge in [-0.05, 0) is 26.3 Å². The molecule has 0 aliphatic rings. The summed E-state index contributed by atoms with van der Waals surface area (Å²) in [6.07, 6.45) is 2.19. The summed E-state index contributed by atoms with van der Waals surface area (Å²) in [4.78, 5) is 13.7. The molecule has 0 spiro atoms. The average Bonchev–Trinajstić information content (AvgIpc) is 2.81. The van der Waals surface area contributed by atoms with Gasteiger partial charge in [-0.15, -0.1) is 0 Å². The van der Waals surface area contributed by atoms with Gasteiger partial charge in [0.05, 0.1) is 19.9 Å². The molecule has 0 unspecified atom stereocenters. The van der Waals surface area contributed by atoms with Crippen molar-refractivity contribution in [1.82, 2.24) is 4.90 Å². The van der Waals surface area contributed by atoms with Gasteiger partial charge in [0.25, 0.3) is 0 Å². The molecule has 102 valence electrons. The minimum absolute atomic E-state index is 0.158. The van der Waals surface area contributed by atoms with Crippen molar-refractivity contribution in [3.63, 3.8) is 0 Å². The fraction of sp³-hybridized carbons (Fsp3) is 0.615. The average molecular weight is 255 g/mol. The van der Waals surface area contributed by atoms with Crippen LogP contribution in [0.3, 0.4) is 0 Å². The van der Waals surface area contributed by atoms with Gasteiger partial charge in [0, 0.05) is 19.2 Å². The highest BCUT2D eigenvalue weighted by Crippen LogP contribution is 2.16. The first-order chi connectivity index (χ1) is 8.60. The maximum atomic E-state index is 11.5. The highest BCUT2D eigenvalue weighted by atomic mass is 16.5. The molecular weight excluding hydrogens is 234 g/mol. The monoisotopic (exact) mass is 255 g/mol. The Balaban J connectivity index is 2.74. The molecule has 0 aliphatic carbocycles. The third-order valence-corrected chi connectivity index (χ3v) is 2.83. The Hall–Kier alpha value is -1.33. The minimum atomic E-state index is -0.385. The molecule has 1 aromatic heterocycles. The number of aliphatic hydroxyl groups excluding tert-OH is 1. The number of hydrogen-bond donors (Lipinski definition) is 1. The molecule has 0 aliphatic heterocycles. The van der Waals surface area contributed by atoms with Gasteiger partial charge in [-0.2, -0.15) is 0 Å². The number of furan rings is 1. The Morgan fingerprint density at radius 3 is 2.83 bits per heavy atom. The van der Waals surface area contributed by atoms with Crippen molar-refractivity contribution in [2.24, 2.45) is 0 Å². The predicted octanol–water partition coefficient (Wildman–Crippen LogP) is 1.66. The van der Waals surface area contributed by atoms with Gasteiger partial charge in [0.15, 0.2) is 0 Å². The van der Waals surface area contributed by atoms with Crippen molar-refractivity contribution >= 4 is 5.97 Å². The highest BCUT2D eigenvalue weighted by Gasteiger charge is 2.19. The van der Waals surface area contributed by atoms with Gasteiger partial charge in [0.2, 0.25) is 0 Å². The zero-order valence-corrected chi connectivity index (χ0v) is 11.2. The maximum Gasteiger partial charge on any atom is 0.341 e. The van der Waals surface area contributed by atoms with Crippen LogP contribution in [0.4, 0.5) is 0 Å². The summed E-state index contributed by atoms with van der Waals surface area (Å²) in [5.41, 5.74) is 0.465. The molecule has 5 heteroatoms. The van der Waals surface area contributed by atoms with Crippen molar-refractivity contribution in [3.8, 4) is 0 Å². The number of hydrogen-bond acceptors (Lipinski definition) is 5. The fourth-order valence-electron chi connectivity index (χ4n) is 1.73. The van der Waals surface area contributed by atoms with Crippen LogP contribution in [0.5, 0.6) is 0 Å². The Kier molecular flexibility index (Phi) is 5.88. The lowest BCUT2D eigenvalue weighted by atomic mass is 10.2. The van der Waals surface area contributed by atoms with Crippen molar-refractivity contribution in [1.29, 1.82) is 0 Å². The van der Waals surface area contributed by atoms with Crippen molar-refractivity contribution < 1.29 is 19.1 Å². The number of esters is 1. The molecule has 0 saturated carbocycles. The summed E-state index contributed by atoms with van der Waals surface area (Å²) in [7, 11) is 1.35. The van der Waals surface area contributed by atoms with E-state index in [0.717, 1.165) is 6.54 Å². The molecular formula is C13H21NO4. The van der Waals surface area contributed by atoms with Gasteiger partial charge in [-0.25, -0.2) is 4.79 Å². The first kappa shape index (κ1) is 14.7. The Bertz CT molecular complexity index is 373. The van der Waals surface area contributed by atoms with E-state index < -0.39 is 0 Å². The lowest BCUT2D eigenvalue weighted by Crippen LogP contribution is -2.32. The molecule has 1 aromatic rings. The molecule has 1 N–H and O–H groups in total. The SMILES string of the molecule is COC(=O)c1ccoc1CN(CCCO)C(C)C. The van der Waals surface area contributed by atoms with Crippen LogP contribution in [-0.4, -0.2) is 42.3 Å². The third-order valence-electron chi connectivity index (χ3n) is 2.83.